The molecular weight excluding hydrogens is 485 g/mol. The predicted molar refractivity (Wildman–Crippen MR) is 143 cm³/mol. The van der Waals surface area contributed by atoms with Crippen molar-refractivity contribution in [2.45, 2.75) is 57.5 Å². The molecule has 3 nitrogen and oxygen atoms in total. The number of aryl methyl sites for hydroxylation is 1. The van der Waals surface area contributed by atoms with E-state index in [2.05, 4.69) is 30.0 Å². The van der Waals surface area contributed by atoms with Crippen molar-refractivity contribution in [2.75, 3.05) is 19.6 Å². The third kappa shape index (κ3) is 5.96. The average Bonchev–Trinajstić information content (AvgIpc) is 3.32. The topological polar surface area (TPSA) is 23.6 Å². The highest BCUT2D eigenvalue weighted by atomic mass is 19.2. The van der Waals surface area contributed by atoms with Crippen LogP contribution in [0.4, 0.5) is 13.2 Å². The van der Waals surface area contributed by atoms with Crippen molar-refractivity contribution in [3.63, 3.8) is 0 Å². The first kappa shape index (κ1) is 26.5. The Morgan fingerprint density at radius 1 is 0.895 bits per heavy atom. The monoisotopic (exact) mass is 520 g/mol. The van der Waals surface area contributed by atoms with Crippen LogP contribution in [0.15, 0.2) is 66.7 Å². The first-order valence-electron chi connectivity index (χ1n) is 13.7. The molecule has 0 bridgehead atoms. The summed E-state index contributed by atoms with van der Waals surface area (Å²) in [7, 11) is 0. The van der Waals surface area contributed by atoms with Crippen molar-refractivity contribution >= 4 is 5.91 Å². The zero-order chi connectivity index (χ0) is 26.6. The molecule has 1 aliphatic carbocycles. The molecule has 1 saturated heterocycles. The maximum atomic E-state index is 13.9. The van der Waals surface area contributed by atoms with E-state index in [1.54, 1.807) is 18.2 Å². The van der Waals surface area contributed by atoms with Crippen molar-refractivity contribution in [1.29, 1.82) is 0 Å². The zero-order valence-electron chi connectivity index (χ0n) is 21.9. The van der Waals surface area contributed by atoms with E-state index < -0.39 is 11.6 Å². The van der Waals surface area contributed by atoms with E-state index in [-0.39, 0.29) is 29.6 Å². The van der Waals surface area contributed by atoms with Crippen LogP contribution in [0.2, 0.25) is 0 Å². The van der Waals surface area contributed by atoms with Gasteiger partial charge in [-0.2, -0.15) is 0 Å². The summed E-state index contributed by atoms with van der Waals surface area (Å²) in [5.41, 5.74) is 3.73. The minimum atomic E-state index is -0.840. The molecular formula is C32H35F3N2O. The summed E-state index contributed by atoms with van der Waals surface area (Å²) in [6, 6.07) is 18.5. The number of rotatable bonds is 7. The Morgan fingerprint density at radius 2 is 1.63 bits per heavy atom. The molecule has 0 aromatic heterocycles. The summed E-state index contributed by atoms with van der Waals surface area (Å²) in [6.07, 6.45) is 5.35. The maximum Gasteiger partial charge on any atom is 0.254 e. The fraction of sp³-hybridized carbons (Fsp3) is 0.406. The maximum absolute atomic E-state index is 13.9. The standard InChI is InChI=1S/C32H35F3N2O/c1-22-7-5-6-10-28(22)29-21-36(18-23-11-16-30(34)31(35)17-23)19-25(29)20-37(27-8-3-2-4-9-27)32(38)24-12-14-26(33)15-13-24/h5-7,10-17,25,27,29H,2-4,8-9,18-21H2,1H3/t25-,29-/m0/s1. The molecule has 3 aromatic rings. The molecule has 0 N–H and O–H groups in total. The van der Waals surface area contributed by atoms with Gasteiger partial charge in [0.2, 0.25) is 0 Å². The second-order valence-corrected chi connectivity index (χ2v) is 10.9. The molecule has 2 aliphatic rings. The quantitative estimate of drug-likeness (QED) is 0.332. The minimum absolute atomic E-state index is 0.0421. The third-order valence-corrected chi connectivity index (χ3v) is 8.29. The number of carbonyl (C=O) groups excluding carboxylic acids is 1. The Hall–Kier alpha value is -3.12. The number of benzene rings is 3. The van der Waals surface area contributed by atoms with Gasteiger partial charge in [0, 0.05) is 43.7 Å². The molecule has 1 aliphatic heterocycles. The number of hydrogen-bond donors (Lipinski definition) is 0. The van der Waals surface area contributed by atoms with Crippen molar-refractivity contribution in [3.8, 4) is 0 Å². The number of hydrogen-bond acceptors (Lipinski definition) is 2. The molecule has 3 aromatic carbocycles. The number of nitrogens with zero attached hydrogens (tertiary/aromatic N) is 2. The molecule has 2 fully saturated rings. The van der Waals surface area contributed by atoms with Gasteiger partial charge in [-0.05, 0) is 78.8 Å². The smallest absolute Gasteiger partial charge is 0.254 e. The Balaban J connectivity index is 1.43. The van der Waals surface area contributed by atoms with Crippen molar-refractivity contribution in [3.05, 3.63) is 106 Å². The van der Waals surface area contributed by atoms with Gasteiger partial charge in [-0.3, -0.25) is 9.69 Å². The highest BCUT2D eigenvalue weighted by Crippen LogP contribution is 2.37. The molecule has 1 saturated carbocycles. The van der Waals surface area contributed by atoms with Gasteiger partial charge in [0.1, 0.15) is 5.82 Å². The number of carbonyl (C=O) groups is 1. The molecule has 0 spiro atoms. The van der Waals surface area contributed by atoms with E-state index in [4.69, 9.17) is 0 Å². The van der Waals surface area contributed by atoms with E-state index in [1.807, 2.05) is 11.0 Å². The molecule has 6 heteroatoms. The van der Waals surface area contributed by atoms with E-state index >= 15 is 0 Å². The summed E-state index contributed by atoms with van der Waals surface area (Å²) < 4.78 is 41.0. The van der Waals surface area contributed by atoms with Crippen LogP contribution in [-0.4, -0.2) is 41.4 Å². The fourth-order valence-electron chi connectivity index (χ4n) is 6.33. The van der Waals surface area contributed by atoms with E-state index in [9.17, 15) is 18.0 Å². The molecule has 0 unspecified atom stereocenters. The summed E-state index contributed by atoms with van der Waals surface area (Å²) in [6.45, 7) is 4.77. The molecule has 38 heavy (non-hydrogen) atoms. The first-order chi connectivity index (χ1) is 18.4. The van der Waals surface area contributed by atoms with Gasteiger partial charge in [0.25, 0.3) is 5.91 Å². The molecule has 1 heterocycles. The Kier molecular flexibility index (Phi) is 8.18. The number of halogens is 3. The molecule has 0 radical (unpaired) electrons. The molecule has 200 valence electrons. The third-order valence-electron chi connectivity index (χ3n) is 8.29. The van der Waals surface area contributed by atoms with E-state index in [1.165, 1.54) is 41.8 Å². The lowest BCUT2D eigenvalue weighted by atomic mass is 9.85. The van der Waals surface area contributed by atoms with Gasteiger partial charge in [-0.25, -0.2) is 13.2 Å². The van der Waals surface area contributed by atoms with Crippen LogP contribution in [0.1, 0.15) is 65.1 Å². The van der Waals surface area contributed by atoms with Crippen LogP contribution in [0.5, 0.6) is 0 Å². The first-order valence-corrected chi connectivity index (χ1v) is 13.7. The van der Waals surface area contributed by atoms with Crippen LogP contribution < -0.4 is 0 Å². The second kappa shape index (κ2) is 11.7. The van der Waals surface area contributed by atoms with Gasteiger partial charge in [-0.15, -0.1) is 0 Å². The lowest BCUT2D eigenvalue weighted by Gasteiger charge is -2.37. The lowest BCUT2D eigenvalue weighted by Crippen LogP contribution is -2.45. The number of amides is 1. The van der Waals surface area contributed by atoms with Crippen LogP contribution in [-0.2, 0) is 6.54 Å². The van der Waals surface area contributed by atoms with Gasteiger partial charge in [0.05, 0.1) is 0 Å². The second-order valence-electron chi connectivity index (χ2n) is 10.9. The average molecular weight is 521 g/mol. The van der Waals surface area contributed by atoms with Gasteiger partial charge in [-0.1, -0.05) is 49.6 Å². The lowest BCUT2D eigenvalue weighted by molar-refractivity contribution is 0.0588. The summed E-state index contributed by atoms with van der Waals surface area (Å²) >= 11 is 0. The Labute approximate surface area is 223 Å². The molecule has 5 rings (SSSR count). The highest BCUT2D eigenvalue weighted by molar-refractivity contribution is 5.94. The number of likely N-dealkylation sites (tertiary alicyclic amines) is 1. The highest BCUT2D eigenvalue weighted by Gasteiger charge is 2.38. The van der Waals surface area contributed by atoms with Crippen molar-refractivity contribution < 1.29 is 18.0 Å². The van der Waals surface area contributed by atoms with Gasteiger partial charge < -0.3 is 4.90 Å². The minimum Gasteiger partial charge on any atom is -0.335 e. The predicted octanol–water partition coefficient (Wildman–Crippen LogP) is 7.10. The largest absolute Gasteiger partial charge is 0.335 e. The van der Waals surface area contributed by atoms with Crippen molar-refractivity contribution in [2.24, 2.45) is 5.92 Å². The van der Waals surface area contributed by atoms with Crippen LogP contribution in [0.25, 0.3) is 0 Å². The van der Waals surface area contributed by atoms with Crippen molar-refractivity contribution in [1.82, 2.24) is 9.80 Å². The normalized spacial score (nSPS) is 20.5. The van der Waals surface area contributed by atoms with Crippen LogP contribution in [0, 0.1) is 30.3 Å². The molecule has 2 atom stereocenters. The summed E-state index contributed by atoms with van der Waals surface area (Å²) in [5, 5.41) is 0. The van der Waals surface area contributed by atoms with Crippen LogP contribution >= 0.6 is 0 Å². The summed E-state index contributed by atoms with van der Waals surface area (Å²) in [4.78, 5) is 18.1. The Bertz CT molecular complexity index is 1260. The van der Waals surface area contributed by atoms with Gasteiger partial charge >= 0.3 is 0 Å². The Morgan fingerprint density at radius 3 is 2.34 bits per heavy atom. The van der Waals surface area contributed by atoms with E-state index in [0.717, 1.165) is 44.3 Å². The van der Waals surface area contributed by atoms with Gasteiger partial charge in [0.15, 0.2) is 11.6 Å². The summed E-state index contributed by atoms with van der Waals surface area (Å²) in [5.74, 6) is -1.69. The molecule has 1 amide bonds. The van der Waals surface area contributed by atoms with Crippen LogP contribution in [0.3, 0.4) is 0 Å². The zero-order valence-corrected chi connectivity index (χ0v) is 21.9. The van der Waals surface area contributed by atoms with E-state index in [0.29, 0.717) is 18.7 Å². The fourth-order valence-corrected chi connectivity index (χ4v) is 6.33. The SMILES string of the molecule is Cc1ccccc1[C@H]1CN(Cc2ccc(F)c(F)c2)C[C@H]1CN(C(=O)c1ccc(F)cc1)C1CCCCC1.